The Morgan fingerprint density at radius 3 is 2.68 bits per heavy atom. The van der Waals surface area contributed by atoms with Crippen molar-refractivity contribution in [1.82, 2.24) is 15.4 Å². The lowest BCUT2D eigenvalue weighted by Gasteiger charge is -2.29. The number of benzene rings is 1. The minimum Gasteiger partial charge on any atom is -0.468 e. The molecule has 1 aromatic carbocycles. The highest BCUT2D eigenvalue weighted by Crippen LogP contribution is 2.32. The topological polar surface area (TPSA) is 146 Å². The number of ether oxygens (including phenoxy) is 1. The molecule has 1 fully saturated rings. The number of aldehydes is 1. The molecular weight excluding hydrogens is 440 g/mol. The molecule has 3 rings (SSSR count). The largest absolute Gasteiger partial charge is 0.468 e. The number of hydrogen-bond acceptors (Lipinski definition) is 8. The first-order chi connectivity index (χ1) is 16.2. The molecule has 1 aliphatic heterocycles. The van der Waals surface area contributed by atoms with Gasteiger partial charge < -0.3 is 24.6 Å². The predicted molar refractivity (Wildman–Crippen MR) is 119 cm³/mol. The lowest BCUT2D eigenvalue weighted by atomic mass is 9.91. The van der Waals surface area contributed by atoms with Gasteiger partial charge in [-0.3, -0.25) is 14.4 Å². The molecule has 0 radical (unpaired) electrons. The third-order valence-corrected chi connectivity index (χ3v) is 5.81. The van der Waals surface area contributed by atoms with E-state index in [1.54, 1.807) is 24.3 Å². The molecule has 2 N–H and O–H groups in total. The zero-order valence-electron chi connectivity index (χ0n) is 19.3. The van der Waals surface area contributed by atoms with Crippen molar-refractivity contribution < 1.29 is 28.8 Å². The molecule has 0 spiro atoms. The Kier molecular flexibility index (Phi) is 8.02. The van der Waals surface area contributed by atoms with E-state index in [1.165, 1.54) is 11.0 Å². The Labute approximate surface area is 197 Å². The Balaban J connectivity index is 1.76. The van der Waals surface area contributed by atoms with Crippen LogP contribution in [0.5, 0.6) is 5.88 Å². The summed E-state index contributed by atoms with van der Waals surface area (Å²) >= 11 is 0. The molecule has 1 aliphatic rings. The minimum atomic E-state index is -0.849. The summed E-state index contributed by atoms with van der Waals surface area (Å²) in [5, 5.41) is 25.9. The van der Waals surface area contributed by atoms with E-state index < -0.39 is 18.1 Å². The first kappa shape index (κ1) is 24.9. The Morgan fingerprint density at radius 2 is 2.06 bits per heavy atom. The van der Waals surface area contributed by atoms with Gasteiger partial charge in [0.25, 0.3) is 5.88 Å². The molecule has 180 valence electrons. The molecule has 2 amide bonds. The average Bonchev–Trinajstić information content (AvgIpc) is 3.44. The van der Waals surface area contributed by atoms with Gasteiger partial charge in [0.05, 0.1) is 23.8 Å². The SMILES string of the molecule is CC(NC(=O)[C@@H]1C[C@@H](O)CN1C(=O)C(c1cc(OCC=O)no1)C(C)C)c1ccc(C#N)cc1. The number of carbonyl (C=O) groups is 3. The normalized spacial score (nSPS) is 19.4. The second-order valence-corrected chi connectivity index (χ2v) is 8.63. The van der Waals surface area contributed by atoms with Crippen molar-refractivity contribution in [2.75, 3.05) is 13.2 Å². The molecular formula is C24H28N4O6. The maximum Gasteiger partial charge on any atom is 0.254 e. The summed E-state index contributed by atoms with van der Waals surface area (Å²) in [6.45, 7) is 5.32. The molecule has 0 aliphatic carbocycles. The Hall–Kier alpha value is -3.71. The van der Waals surface area contributed by atoms with E-state index in [1.807, 2.05) is 20.8 Å². The highest BCUT2D eigenvalue weighted by atomic mass is 16.5. The van der Waals surface area contributed by atoms with E-state index in [9.17, 15) is 19.5 Å². The average molecular weight is 469 g/mol. The molecule has 2 unspecified atom stereocenters. The lowest BCUT2D eigenvalue weighted by Crippen LogP contribution is -2.48. The number of aliphatic hydroxyl groups is 1. The van der Waals surface area contributed by atoms with Crippen LogP contribution in [0.4, 0.5) is 0 Å². The van der Waals surface area contributed by atoms with Crippen LogP contribution >= 0.6 is 0 Å². The maximum atomic E-state index is 13.5. The van der Waals surface area contributed by atoms with Crippen LogP contribution in [-0.4, -0.2) is 58.6 Å². The van der Waals surface area contributed by atoms with Gasteiger partial charge in [-0.2, -0.15) is 5.26 Å². The molecule has 0 bridgehead atoms. The summed E-state index contributed by atoms with van der Waals surface area (Å²) in [5.74, 6) is -1.34. The highest BCUT2D eigenvalue weighted by Gasteiger charge is 2.43. The van der Waals surface area contributed by atoms with Crippen LogP contribution in [0.25, 0.3) is 0 Å². The molecule has 34 heavy (non-hydrogen) atoms. The van der Waals surface area contributed by atoms with E-state index in [2.05, 4.69) is 16.5 Å². The van der Waals surface area contributed by atoms with Gasteiger partial charge in [0.1, 0.15) is 18.6 Å². The fourth-order valence-corrected chi connectivity index (χ4v) is 4.07. The fourth-order valence-electron chi connectivity index (χ4n) is 4.07. The summed E-state index contributed by atoms with van der Waals surface area (Å²) in [5.41, 5.74) is 1.33. The van der Waals surface area contributed by atoms with E-state index in [0.29, 0.717) is 11.8 Å². The highest BCUT2D eigenvalue weighted by molar-refractivity contribution is 5.91. The first-order valence-electron chi connectivity index (χ1n) is 11.1. The number of nitrogens with one attached hydrogen (secondary N) is 1. The summed E-state index contributed by atoms with van der Waals surface area (Å²) < 4.78 is 10.4. The summed E-state index contributed by atoms with van der Waals surface area (Å²) in [6.07, 6.45) is -0.140. The van der Waals surface area contributed by atoms with Crippen LogP contribution < -0.4 is 10.1 Å². The van der Waals surface area contributed by atoms with Gasteiger partial charge in [-0.1, -0.05) is 26.0 Å². The third-order valence-electron chi connectivity index (χ3n) is 5.81. The van der Waals surface area contributed by atoms with Crippen molar-refractivity contribution in [1.29, 1.82) is 5.26 Å². The first-order valence-corrected chi connectivity index (χ1v) is 11.1. The third kappa shape index (κ3) is 5.61. The number of aliphatic hydroxyl groups excluding tert-OH is 1. The van der Waals surface area contributed by atoms with Crippen LogP contribution in [0.15, 0.2) is 34.9 Å². The van der Waals surface area contributed by atoms with E-state index in [-0.39, 0.29) is 55.0 Å². The number of carbonyl (C=O) groups excluding carboxylic acids is 3. The second kappa shape index (κ2) is 10.9. The van der Waals surface area contributed by atoms with Crippen molar-refractivity contribution in [2.24, 2.45) is 5.92 Å². The monoisotopic (exact) mass is 468 g/mol. The summed E-state index contributed by atoms with van der Waals surface area (Å²) in [6, 6.07) is 9.17. The van der Waals surface area contributed by atoms with Gasteiger partial charge in [-0.05, 0) is 35.7 Å². The standard InChI is InChI=1S/C24H28N4O6/c1-14(2)22(20-11-21(27-34-20)33-9-8-29)24(32)28-13-18(30)10-19(28)23(31)26-15(3)17-6-4-16(12-25)5-7-17/h4-8,11,14-15,18-19,22,30H,9-10,13H2,1-3H3,(H,26,31)/t15?,18-,19+,22?/m1/s1. The molecule has 4 atom stereocenters. The van der Waals surface area contributed by atoms with Gasteiger partial charge in [0.2, 0.25) is 11.8 Å². The zero-order chi connectivity index (χ0) is 24.8. The summed E-state index contributed by atoms with van der Waals surface area (Å²) in [4.78, 5) is 38.5. The van der Waals surface area contributed by atoms with Crippen LogP contribution in [0.3, 0.4) is 0 Å². The molecule has 0 saturated carbocycles. The summed E-state index contributed by atoms with van der Waals surface area (Å²) in [7, 11) is 0. The number of amides is 2. The van der Waals surface area contributed by atoms with Crippen molar-refractivity contribution >= 4 is 18.1 Å². The molecule has 2 aromatic rings. The van der Waals surface area contributed by atoms with Crippen molar-refractivity contribution in [2.45, 2.75) is 51.3 Å². The van der Waals surface area contributed by atoms with E-state index in [4.69, 9.17) is 14.5 Å². The lowest BCUT2D eigenvalue weighted by molar-refractivity contribution is -0.141. The number of hydrogen-bond donors (Lipinski definition) is 2. The van der Waals surface area contributed by atoms with Gasteiger partial charge in [0.15, 0.2) is 12.0 Å². The molecule has 10 heteroatoms. The van der Waals surface area contributed by atoms with Crippen LogP contribution in [-0.2, 0) is 14.4 Å². The van der Waals surface area contributed by atoms with Crippen molar-refractivity contribution in [3.63, 3.8) is 0 Å². The van der Waals surface area contributed by atoms with Gasteiger partial charge in [-0.25, -0.2) is 0 Å². The number of likely N-dealkylation sites (tertiary alicyclic amines) is 1. The van der Waals surface area contributed by atoms with Crippen LogP contribution in [0.1, 0.15) is 56.0 Å². The van der Waals surface area contributed by atoms with Crippen LogP contribution in [0.2, 0.25) is 0 Å². The van der Waals surface area contributed by atoms with Crippen molar-refractivity contribution in [3.8, 4) is 11.9 Å². The van der Waals surface area contributed by atoms with E-state index in [0.717, 1.165) is 5.56 Å². The van der Waals surface area contributed by atoms with Gasteiger partial charge in [-0.15, -0.1) is 0 Å². The Morgan fingerprint density at radius 1 is 1.35 bits per heavy atom. The van der Waals surface area contributed by atoms with Crippen LogP contribution in [0, 0.1) is 17.2 Å². The van der Waals surface area contributed by atoms with Gasteiger partial charge >= 0.3 is 0 Å². The Bertz CT molecular complexity index is 1060. The number of rotatable bonds is 9. The van der Waals surface area contributed by atoms with Crippen molar-refractivity contribution in [3.05, 3.63) is 47.2 Å². The fraction of sp³-hybridized carbons (Fsp3) is 0.458. The predicted octanol–water partition coefficient (Wildman–Crippen LogP) is 1.70. The second-order valence-electron chi connectivity index (χ2n) is 8.63. The molecule has 1 saturated heterocycles. The molecule has 1 aromatic heterocycles. The smallest absolute Gasteiger partial charge is 0.254 e. The molecule has 2 heterocycles. The number of β-amino-alcohol motifs (C(OH)–C–C–N with tert-alkyl or cyclic N) is 1. The maximum absolute atomic E-state index is 13.5. The van der Waals surface area contributed by atoms with Gasteiger partial charge in [0, 0.05) is 19.0 Å². The number of nitriles is 1. The zero-order valence-corrected chi connectivity index (χ0v) is 19.3. The minimum absolute atomic E-state index is 0.0218. The number of nitrogens with zero attached hydrogens (tertiary/aromatic N) is 3. The molecule has 10 nitrogen and oxygen atoms in total. The number of aromatic nitrogens is 1. The quantitative estimate of drug-likeness (QED) is 0.529. The van der Waals surface area contributed by atoms with E-state index >= 15 is 0 Å².